The van der Waals surface area contributed by atoms with Crippen LogP contribution in [0.3, 0.4) is 0 Å². The van der Waals surface area contributed by atoms with Gasteiger partial charge in [-0.1, -0.05) is 28.1 Å². The van der Waals surface area contributed by atoms with Gasteiger partial charge in [-0.25, -0.2) is 10.2 Å². The Kier molecular flexibility index (Phi) is 9.38. The molecule has 0 aliphatic heterocycles. The molecule has 4 rings (SSSR count). The molecule has 2 N–H and O–H groups in total. The molecule has 0 atom stereocenters. The lowest BCUT2D eigenvalue weighted by Crippen LogP contribution is -2.19. The summed E-state index contributed by atoms with van der Waals surface area (Å²) in [5, 5.41) is 6.43. The third kappa shape index (κ3) is 7.82. The lowest BCUT2D eigenvalue weighted by molar-refractivity contribution is -0.137. The van der Waals surface area contributed by atoms with Gasteiger partial charge in [-0.2, -0.15) is 18.3 Å². The number of hydrazone groups is 1. The van der Waals surface area contributed by atoms with Gasteiger partial charge in [-0.3, -0.25) is 9.59 Å². The first-order valence-electron chi connectivity index (χ1n) is 12.1. The number of halogens is 4. The molecule has 8 nitrogen and oxygen atoms in total. The van der Waals surface area contributed by atoms with Crippen molar-refractivity contribution in [3.05, 3.63) is 123 Å². The van der Waals surface area contributed by atoms with E-state index in [9.17, 15) is 27.6 Å². The number of esters is 1. The van der Waals surface area contributed by atoms with Crippen LogP contribution in [0.2, 0.25) is 0 Å². The van der Waals surface area contributed by atoms with Crippen LogP contribution in [0.4, 0.5) is 18.9 Å². The van der Waals surface area contributed by atoms with Crippen molar-refractivity contribution in [1.82, 2.24) is 5.43 Å². The van der Waals surface area contributed by atoms with Gasteiger partial charge in [-0.05, 0) is 78.9 Å². The number of carbonyl (C=O) groups excluding carboxylic acids is 3. The second-order valence-corrected chi connectivity index (χ2v) is 9.53. The van der Waals surface area contributed by atoms with Crippen molar-refractivity contribution in [2.75, 3.05) is 12.4 Å². The van der Waals surface area contributed by atoms with Crippen molar-refractivity contribution in [3.63, 3.8) is 0 Å². The molecule has 0 spiro atoms. The molecule has 0 heterocycles. The highest BCUT2D eigenvalue weighted by Crippen LogP contribution is 2.30. The van der Waals surface area contributed by atoms with Crippen LogP contribution >= 0.6 is 15.9 Å². The molecule has 42 heavy (non-hydrogen) atoms. The van der Waals surface area contributed by atoms with E-state index in [4.69, 9.17) is 9.47 Å². The molecule has 0 bridgehead atoms. The van der Waals surface area contributed by atoms with Crippen LogP contribution in [0, 0.1) is 0 Å². The molecule has 0 saturated heterocycles. The molecule has 0 radical (unpaired) electrons. The van der Waals surface area contributed by atoms with E-state index < -0.39 is 29.5 Å². The van der Waals surface area contributed by atoms with E-state index in [1.54, 1.807) is 42.5 Å². The Morgan fingerprint density at radius 2 is 1.52 bits per heavy atom. The van der Waals surface area contributed by atoms with Crippen molar-refractivity contribution in [3.8, 4) is 11.5 Å². The van der Waals surface area contributed by atoms with Crippen molar-refractivity contribution in [2.45, 2.75) is 6.18 Å². The number of hydrogen-bond donors (Lipinski definition) is 2. The van der Waals surface area contributed by atoms with Crippen LogP contribution in [0.5, 0.6) is 11.5 Å². The smallest absolute Gasteiger partial charge is 0.416 e. The molecule has 0 saturated carbocycles. The molecular formula is C30H21BrF3N3O5. The summed E-state index contributed by atoms with van der Waals surface area (Å²) < 4.78 is 50.2. The van der Waals surface area contributed by atoms with Crippen molar-refractivity contribution in [1.29, 1.82) is 0 Å². The molecule has 4 aromatic carbocycles. The predicted octanol–water partition coefficient (Wildman–Crippen LogP) is 6.71. The summed E-state index contributed by atoms with van der Waals surface area (Å²) in [5.41, 5.74) is 2.20. The molecular weight excluding hydrogens is 619 g/mol. The van der Waals surface area contributed by atoms with Crippen LogP contribution in [-0.4, -0.2) is 31.1 Å². The summed E-state index contributed by atoms with van der Waals surface area (Å²) in [7, 11) is 1.51. The standard InChI is InChI=1S/C30H21BrF3N3O5/c1-41-25-11-8-18(9-12-25)29(40)42-26-13-10-23(31)15-21(26)17-35-37-28(39)20-5-3-7-24(16-20)36-27(38)19-4-2-6-22(14-19)30(32,33)34/h2-17H,1H3,(H,36,38)(H,37,39). The zero-order valence-electron chi connectivity index (χ0n) is 21.7. The van der Waals surface area contributed by atoms with Gasteiger partial charge in [0.1, 0.15) is 11.5 Å². The number of rotatable bonds is 8. The number of benzene rings is 4. The first-order chi connectivity index (χ1) is 20.0. The highest BCUT2D eigenvalue weighted by atomic mass is 79.9. The Morgan fingerprint density at radius 3 is 2.21 bits per heavy atom. The van der Waals surface area contributed by atoms with E-state index in [1.807, 2.05) is 0 Å². The summed E-state index contributed by atoms with van der Waals surface area (Å²) in [4.78, 5) is 37.8. The summed E-state index contributed by atoms with van der Waals surface area (Å²) >= 11 is 3.35. The van der Waals surface area contributed by atoms with Crippen LogP contribution in [0.25, 0.3) is 0 Å². The fourth-order valence-corrected chi connectivity index (χ4v) is 3.98. The van der Waals surface area contributed by atoms with Gasteiger partial charge in [0.2, 0.25) is 0 Å². The number of ether oxygens (including phenoxy) is 2. The molecule has 0 aromatic heterocycles. The number of amides is 2. The van der Waals surface area contributed by atoms with Gasteiger partial charge < -0.3 is 14.8 Å². The summed E-state index contributed by atoms with van der Waals surface area (Å²) in [6, 6.07) is 21.0. The summed E-state index contributed by atoms with van der Waals surface area (Å²) in [6.07, 6.45) is -3.30. The van der Waals surface area contributed by atoms with E-state index in [0.717, 1.165) is 18.2 Å². The predicted molar refractivity (Wildman–Crippen MR) is 153 cm³/mol. The number of methoxy groups -OCH3 is 1. The minimum absolute atomic E-state index is 0.120. The van der Waals surface area contributed by atoms with E-state index in [0.29, 0.717) is 21.3 Å². The lowest BCUT2D eigenvalue weighted by Gasteiger charge is -2.10. The first kappa shape index (κ1) is 30.0. The Morgan fingerprint density at radius 1 is 0.833 bits per heavy atom. The molecule has 4 aromatic rings. The van der Waals surface area contributed by atoms with Crippen molar-refractivity contribution >= 4 is 45.6 Å². The normalized spacial score (nSPS) is 11.2. The van der Waals surface area contributed by atoms with E-state index in [1.165, 1.54) is 43.7 Å². The molecule has 0 unspecified atom stereocenters. The Labute approximate surface area is 246 Å². The average molecular weight is 640 g/mol. The second-order valence-electron chi connectivity index (χ2n) is 8.61. The number of nitrogens with one attached hydrogen (secondary N) is 2. The van der Waals surface area contributed by atoms with Gasteiger partial charge in [0.05, 0.1) is 24.5 Å². The van der Waals surface area contributed by atoms with Gasteiger partial charge >= 0.3 is 12.1 Å². The lowest BCUT2D eigenvalue weighted by atomic mass is 10.1. The minimum Gasteiger partial charge on any atom is -0.497 e. The molecule has 12 heteroatoms. The van der Waals surface area contributed by atoms with Crippen molar-refractivity contribution in [2.24, 2.45) is 5.10 Å². The number of hydrogen-bond acceptors (Lipinski definition) is 6. The minimum atomic E-state index is -4.59. The zero-order valence-corrected chi connectivity index (χ0v) is 23.3. The Balaban J connectivity index is 1.42. The van der Waals surface area contributed by atoms with Gasteiger partial charge in [-0.15, -0.1) is 0 Å². The maximum absolute atomic E-state index is 13.0. The van der Waals surface area contributed by atoms with Crippen LogP contribution < -0.4 is 20.2 Å². The molecule has 214 valence electrons. The second kappa shape index (κ2) is 13.1. The zero-order chi connectivity index (χ0) is 30.3. The average Bonchev–Trinajstić information content (AvgIpc) is 2.98. The van der Waals surface area contributed by atoms with Crippen LogP contribution in [-0.2, 0) is 6.18 Å². The number of nitrogens with zero attached hydrogens (tertiary/aromatic N) is 1. The van der Waals surface area contributed by atoms with E-state index in [-0.39, 0.29) is 22.6 Å². The summed E-state index contributed by atoms with van der Waals surface area (Å²) in [5.74, 6) is -1.24. The third-order valence-electron chi connectivity index (χ3n) is 5.70. The highest BCUT2D eigenvalue weighted by Gasteiger charge is 2.31. The molecule has 0 aliphatic rings. The monoisotopic (exact) mass is 639 g/mol. The van der Waals surface area contributed by atoms with E-state index in [2.05, 4.69) is 31.8 Å². The quantitative estimate of drug-likeness (QED) is 0.0964. The molecule has 0 fully saturated rings. The van der Waals surface area contributed by atoms with Gasteiger partial charge in [0.15, 0.2) is 0 Å². The fourth-order valence-electron chi connectivity index (χ4n) is 3.60. The molecule has 2 amide bonds. The van der Waals surface area contributed by atoms with Crippen LogP contribution in [0.15, 0.2) is 101 Å². The van der Waals surface area contributed by atoms with Gasteiger partial charge in [0, 0.05) is 26.9 Å². The Hall–Kier alpha value is -4.97. The Bertz CT molecular complexity index is 1660. The number of carbonyl (C=O) groups is 3. The van der Waals surface area contributed by atoms with Crippen LogP contribution in [0.1, 0.15) is 42.2 Å². The summed E-state index contributed by atoms with van der Waals surface area (Å²) in [6.45, 7) is 0. The highest BCUT2D eigenvalue weighted by molar-refractivity contribution is 9.10. The fraction of sp³-hybridized carbons (Fsp3) is 0.0667. The SMILES string of the molecule is COc1ccc(C(=O)Oc2ccc(Br)cc2C=NNC(=O)c2cccc(NC(=O)c3cccc(C(F)(F)F)c3)c2)cc1. The first-order valence-corrected chi connectivity index (χ1v) is 12.9. The number of anilines is 1. The van der Waals surface area contributed by atoms with E-state index >= 15 is 0 Å². The molecule has 0 aliphatic carbocycles. The van der Waals surface area contributed by atoms with Crippen molar-refractivity contribution < 1.29 is 37.0 Å². The maximum Gasteiger partial charge on any atom is 0.416 e. The third-order valence-corrected chi connectivity index (χ3v) is 6.20. The topological polar surface area (TPSA) is 106 Å². The largest absolute Gasteiger partial charge is 0.497 e. The maximum atomic E-state index is 13.0. The number of alkyl halides is 3. The van der Waals surface area contributed by atoms with Gasteiger partial charge in [0.25, 0.3) is 11.8 Å².